The van der Waals surface area contributed by atoms with Gasteiger partial charge in [0.25, 0.3) is 5.91 Å². The number of carbonyl (C=O) groups excluding carboxylic acids is 1. The summed E-state index contributed by atoms with van der Waals surface area (Å²) in [6.07, 6.45) is 0. The molecular formula is C18H19N3O3. The van der Waals surface area contributed by atoms with E-state index in [1.165, 1.54) is 6.07 Å². The highest BCUT2D eigenvalue weighted by Crippen LogP contribution is 2.20. The van der Waals surface area contributed by atoms with Gasteiger partial charge in [-0.3, -0.25) is 14.7 Å². The topological polar surface area (TPSA) is 88.0 Å². The number of amides is 1. The van der Waals surface area contributed by atoms with Crippen LogP contribution in [0.2, 0.25) is 0 Å². The summed E-state index contributed by atoms with van der Waals surface area (Å²) in [7, 11) is 0. The van der Waals surface area contributed by atoms with Crippen molar-refractivity contribution in [1.82, 2.24) is 15.5 Å². The van der Waals surface area contributed by atoms with E-state index in [9.17, 15) is 9.59 Å². The maximum atomic E-state index is 12.5. The van der Waals surface area contributed by atoms with Gasteiger partial charge in [0.1, 0.15) is 5.58 Å². The van der Waals surface area contributed by atoms with Gasteiger partial charge in [0.05, 0.1) is 17.1 Å². The number of benzene rings is 1. The van der Waals surface area contributed by atoms with Gasteiger partial charge in [0, 0.05) is 17.3 Å². The summed E-state index contributed by atoms with van der Waals surface area (Å²) in [5, 5.41) is 10.3. The first-order valence-electron chi connectivity index (χ1n) is 7.73. The molecule has 0 unspecified atom stereocenters. The number of aromatic nitrogens is 2. The summed E-state index contributed by atoms with van der Waals surface area (Å²) >= 11 is 0. The SMILES string of the molecule is Cc1ccc2c(=O)cc(C(=O)N[C@@H](C)c3c(C)n[nH]c3C)oc2c1. The van der Waals surface area contributed by atoms with Crippen LogP contribution >= 0.6 is 0 Å². The van der Waals surface area contributed by atoms with Crippen molar-refractivity contribution in [3.63, 3.8) is 0 Å². The molecule has 0 aliphatic heterocycles. The lowest BCUT2D eigenvalue weighted by atomic mass is 10.1. The Kier molecular flexibility index (Phi) is 3.97. The van der Waals surface area contributed by atoms with E-state index >= 15 is 0 Å². The average molecular weight is 325 g/mol. The number of carbonyl (C=O) groups is 1. The Labute approximate surface area is 138 Å². The summed E-state index contributed by atoms with van der Waals surface area (Å²) in [5.41, 5.74) is 3.80. The largest absolute Gasteiger partial charge is 0.451 e. The lowest BCUT2D eigenvalue weighted by Gasteiger charge is -2.14. The summed E-state index contributed by atoms with van der Waals surface area (Å²) in [4.78, 5) is 24.7. The minimum atomic E-state index is -0.428. The van der Waals surface area contributed by atoms with Crippen LogP contribution in [0.5, 0.6) is 0 Å². The predicted molar refractivity (Wildman–Crippen MR) is 91.2 cm³/mol. The number of nitrogens with zero attached hydrogens (tertiary/aromatic N) is 1. The molecule has 0 aliphatic rings. The van der Waals surface area contributed by atoms with Gasteiger partial charge >= 0.3 is 0 Å². The van der Waals surface area contributed by atoms with Crippen LogP contribution in [0.4, 0.5) is 0 Å². The number of H-pyrrole nitrogens is 1. The normalized spacial score (nSPS) is 12.3. The number of hydrogen-bond acceptors (Lipinski definition) is 4. The molecule has 1 aromatic carbocycles. The number of aryl methyl sites for hydroxylation is 3. The van der Waals surface area contributed by atoms with E-state index in [4.69, 9.17) is 4.42 Å². The van der Waals surface area contributed by atoms with Crippen molar-refractivity contribution in [3.05, 3.63) is 62.8 Å². The zero-order valence-electron chi connectivity index (χ0n) is 14.1. The summed E-state index contributed by atoms with van der Waals surface area (Å²) < 4.78 is 5.63. The Bertz CT molecular complexity index is 965. The zero-order chi connectivity index (χ0) is 17.4. The van der Waals surface area contributed by atoms with E-state index in [0.29, 0.717) is 11.0 Å². The van der Waals surface area contributed by atoms with Gasteiger partial charge in [-0.25, -0.2) is 0 Å². The van der Waals surface area contributed by atoms with Gasteiger partial charge in [0.15, 0.2) is 11.2 Å². The van der Waals surface area contributed by atoms with Gasteiger partial charge in [-0.2, -0.15) is 5.10 Å². The van der Waals surface area contributed by atoms with E-state index in [-0.39, 0.29) is 17.2 Å². The molecule has 0 fully saturated rings. The van der Waals surface area contributed by atoms with Crippen LogP contribution in [0, 0.1) is 20.8 Å². The lowest BCUT2D eigenvalue weighted by molar-refractivity contribution is 0.0912. The Morgan fingerprint density at radius 3 is 2.67 bits per heavy atom. The summed E-state index contributed by atoms with van der Waals surface area (Å²) in [6, 6.07) is 6.27. The molecular weight excluding hydrogens is 306 g/mol. The average Bonchev–Trinajstić information content (AvgIpc) is 2.85. The van der Waals surface area contributed by atoms with Gasteiger partial charge < -0.3 is 9.73 Å². The van der Waals surface area contributed by atoms with Gasteiger partial charge in [-0.1, -0.05) is 6.07 Å². The highest BCUT2D eigenvalue weighted by atomic mass is 16.3. The standard InChI is InChI=1S/C18H19N3O3/c1-9-5-6-13-14(22)8-16(24-15(13)7-9)18(23)19-10(2)17-11(3)20-21-12(17)4/h5-8,10H,1-4H3,(H,19,23)(H,20,21)/t10-/m0/s1. The Balaban J connectivity index is 1.93. The van der Waals surface area contributed by atoms with Crippen LogP contribution in [-0.2, 0) is 0 Å². The zero-order valence-corrected chi connectivity index (χ0v) is 14.1. The molecule has 3 aromatic rings. The van der Waals surface area contributed by atoms with Crippen LogP contribution in [0.3, 0.4) is 0 Å². The third-order valence-corrected chi connectivity index (χ3v) is 4.07. The molecule has 6 nitrogen and oxygen atoms in total. The molecule has 0 saturated carbocycles. The minimum Gasteiger partial charge on any atom is -0.451 e. The predicted octanol–water partition coefficient (Wildman–Crippen LogP) is 2.93. The molecule has 2 heterocycles. The Morgan fingerprint density at radius 1 is 1.25 bits per heavy atom. The van der Waals surface area contributed by atoms with Crippen LogP contribution in [0.25, 0.3) is 11.0 Å². The maximum Gasteiger partial charge on any atom is 0.287 e. The fourth-order valence-corrected chi connectivity index (χ4v) is 2.91. The third-order valence-electron chi connectivity index (χ3n) is 4.07. The molecule has 1 atom stereocenters. The van der Waals surface area contributed by atoms with Crippen molar-refractivity contribution in [3.8, 4) is 0 Å². The highest BCUT2D eigenvalue weighted by Gasteiger charge is 2.19. The molecule has 0 saturated heterocycles. The number of nitrogens with one attached hydrogen (secondary N) is 2. The van der Waals surface area contributed by atoms with Gasteiger partial charge in [0.2, 0.25) is 0 Å². The fraction of sp³-hybridized carbons (Fsp3) is 0.278. The molecule has 2 aromatic heterocycles. The Hall–Kier alpha value is -2.89. The van der Waals surface area contributed by atoms with E-state index in [1.54, 1.807) is 12.1 Å². The molecule has 3 rings (SSSR count). The van der Waals surface area contributed by atoms with E-state index in [0.717, 1.165) is 22.5 Å². The van der Waals surface area contributed by atoms with Crippen molar-refractivity contribution in [1.29, 1.82) is 0 Å². The molecule has 1 amide bonds. The molecule has 124 valence electrons. The minimum absolute atomic E-state index is 0.00347. The van der Waals surface area contributed by atoms with Crippen LogP contribution in [-0.4, -0.2) is 16.1 Å². The van der Waals surface area contributed by atoms with E-state index < -0.39 is 5.91 Å². The first-order valence-corrected chi connectivity index (χ1v) is 7.73. The van der Waals surface area contributed by atoms with Gasteiger partial charge in [-0.15, -0.1) is 0 Å². The smallest absolute Gasteiger partial charge is 0.287 e. The quantitative estimate of drug-likeness (QED) is 0.775. The summed E-state index contributed by atoms with van der Waals surface area (Å²) in [5.74, 6) is -0.424. The molecule has 6 heteroatoms. The molecule has 2 N–H and O–H groups in total. The third kappa shape index (κ3) is 2.82. The second-order valence-corrected chi connectivity index (χ2v) is 6.02. The summed E-state index contributed by atoms with van der Waals surface area (Å²) in [6.45, 7) is 7.54. The molecule has 0 aliphatic carbocycles. The number of fused-ring (bicyclic) bond motifs is 1. The Morgan fingerprint density at radius 2 is 2.00 bits per heavy atom. The fourth-order valence-electron chi connectivity index (χ4n) is 2.91. The number of rotatable bonds is 3. The number of aromatic amines is 1. The highest BCUT2D eigenvalue weighted by molar-refractivity contribution is 5.93. The van der Waals surface area contributed by atoms with Gasteiger partial charge in [-0.05, 0) is 45.4 Å². The molecule has 0 radical (unpaired) electrons. The number of hydrogen-bond donors (Lipinski definition) is 2. The van der Waals surface area contributed by atoms with Crippen LogP contribution in [0.15, 0.2) is 33.5 Å². The molecule has 0 bridgehead atoms. The van der Waals surface area contributed by atoms with Crippen molar-refractivity contribution in [2.75, 3.05) is 0 Å². The van der Waals surface area contributed by atoms with Crippen molar-refractivity contribution in [2.45, 2.75) is 33.7 Å². The first-order chi connectivity index (χ1) is 11.4. The van der Waals surface area contributed by atoms with Crippen molar-refractivity contribution in [2.24, 2.45) is 0 Å². The maximum absolute atomic E-state index is 12.5. The van der Waals surface area contributed by atoms with E-state index in [1.807, 2.05) is 33.8 Å². The molecule has 24 heavy (non-hydrogen) atoms. The van der Waals surface area contributed by atoms with Crippen LogP contribution < -0.4 is 10.7 Å². The second kappa shape index (κ2) is 5.96. The lowest BCUT2D eigenvalue weighted by Crippen LogP contribution is -2.28. The molecule has 0 spiro atoms. The monoisotopic (exact) mass is 325 g/mol. The van der Waals surface area contributed by atoms with E-state index in [2.05, 4.69) is 15.5 Å². The second-order valence-electron chi connectivity index (χ2n) is 6.02. The van der Waals surface area contributed by atoms with Crippen molar-refractivity contribution >= 4 is 16.9 Å². The van der Waals surface area contributed by atoms with Crippen molar-refractivity contribution < 1.29 is 9.21 Å². The van der Waals surface area contributed by atoms with Crippen LogP contribution in [0.1, 0.15) is 46.0 Å². The first kappa shape index (κ1) is 16.0.